The highest BCUT2D eigenvalue weighted by Gasteiger charge is 2.24. The lowest BCUT2D eigenvalue weighted by molar-refractivity contribution is -0.115. The summed E-state index contributed by atoms with van der Waals surface area (Å²) in [6.45, 7) is 6.16. The first kappa shape index (κ1) is 18.3. The summed E-state index contributed by atoms with van der Waals surface area (Å²) in [6.07, 6.45) is 1.92. The van der Waals surface area contributed by atoms with Crippen molar-refractivity contribution in [2.45, 2.75) is 20.8 Å². The van der Waals surface area contributed by atoms with Gasteiger partial charge in [0.1, 0.15) is 0 Å². The summed E-state index contributed by atoms with van der Waals surface area (Å²) < 4.78 is 2.14. The van der Waals surface area contributed by atoms with Crippen LogP contribution in [0.15, 0.2) is 70.6 Å². The molecule has 5 heteroatoms. The SMILES string of the molecule is Cc1cccc(N=C2NC(=O)/C(=C/c3ccc(C)n3-c3ccccc3)S2)c1C. The van der Waals surface area contributed by atoms with Crippen molar-refractivity contribution in [3.63, 3.8) is 0 Å². The zero-order chi connectivity index (χ0) is 19.7. The van der Waals surface area contributed by atoms with Crippen molar-refractivity contribution in [1.82, 2.24) is 9.88 Å². The minimum Gasteiger partial charge on any atom is -0.314 e. The number of rotatable bonds is 3. The van der Waals surface area contributed by atoms with Gasteiger partial charge in [-0.05, 0) is 80.1 Å². The van der Waals surface area contributed by atoms with Crippen LogP contribution in [0.2, 0.25) is 0 Å². The summed E-state index contributed by atoms with van der Waals surface area (Å²) in [5.74, 6) is -0.118. The molecule has 1 N–H and O–H groups in total. The summed E-state index contributed by atoms with van der Waals surface area (Å²) >= 11 is 1.37. The van der Waals surface area contributed by atoms with Gasteiger partial charge in [0.25, 0.3) is 5.91 Å². The number of nitrogens with one attached hydrogen (secondary N) is 1. The maximum absolute atomic E-state index is 12.5. The number of hydrogen-bond acceptors (Lipinski definition) is 3. The van der Waals surface area contributed by atoms with Crippen molar-refractivity contribution >= 4 is 34.6 Å². The van der Waals surface area contributed by atoms with E-state index in [4.69, 9.17) is 0 Å². The van der Waals surface area contributed by atoms with Crippen molar-refractivity contribution < 1.29 is 4.79 Å². The largest absolute Gasteiger partial charge is 0.314 e. The van der Waals surface area contributed by atoms with E-state index in [-0.39, 0.29) is 5.91 Å². The Kier molecular flexibility index (Phi) is 4.92. The topological polar surface area (TPSA) is 46.4 Å². The predicted molar refractivity (Wildman–Crippen MR) is 117 cm³/mol. The highest BCUT2D eigenvalue weighted by molar-refractivity contribution is 8.18. The first-order chi connectivity index (χ1) is 13.5. The highest BCUT2D eigenvalue weighted by atomic mass is 32.2. The van der Waals surface area contributed by atoms with Gasteiger partial charge in [-0.1, -0.05) is 30.3 Å². The van der Waals surface area contributed by atoms with E-state index >= 15 is 0 Å². The van der Waals surface area contributed by atoms with Crippen molar-refractivity contribution in [2.75, 3.05) is 0 Å². The summed E-state index contributed by atoms with van der Waals surface area (Å²) in [5.41, 5.74) is 6.34. The average Bonchev–Trinajstić information content (AvgIpc) is 3.22. The monoisotopic (exact) mass is 387 g/mol. The highest BCUT2D eigenvalue weighted by Crippen LogP contribution is 2.30. The fourth-order valence-corrected chi connectivity index (χ4v) is 4.00. The van der Waals surface area contributed by atoms with E-state index in [1.165, 1.54) is 17.3 Å². The quantitative estimate of drug-likeness (QED) is 0.620. The number of amidine groups is 1. The molecule has 1 fully saturated rings. The van der Waals surface area contributed by atoms with E-state index in [2.05, 4.69) is 53.0 Å². The van der Waals surface area contributed by atoms with E-state index < -0.39 is 0 Å². The molecule has 4 nitrogen and oxygen atoms in total. The van der Waals surface area contributed by atoms with Gasteiger partial charge in [0, 0.05) is 17.1 Å². The molecule has 0 unspecified atom stereocenters. The molecule has 2 heterocycles. The molecule has 0 atom stereocenters. The number of aliphatic imine (C=N–C) groups is 1. The molecule has 0 radical (unpaired) electrons. The number of aryl methyl sites for hydroxylation is 2. The fourth-order valence-electron chi connectivity index (χ4n) is 3.18. The molecular formula is C23H21N3OS. The summed E-state index contributed by atoms with van der Waals surface area (Å²) in [7, 11) is 0. The number of thioether (sulfide) groups is 1. The van der Waals surface area contributed by atoms with E-state index in [0.29, 0.717) is 10.1 Å². The zero-order valence-electron chi connectivity index (χ0n) is 16.1. The van der Waals surface area contributed by atoms with Crippen molar-refractivity contribution in [3.8, 4) is 5.69 Å². The van der Waals surface area contributed by atoms with Gasteiger partial charge in [-0.15, -0.1) is 0 Å². The predicted octanol–water partition coefficient (Wildman–Crippen LogP) is 5.29. The van der Waals surface area contributed by atoms with Crippen molar-refractivity contribution in [2.24, 2.45) is 4.99 Å². The van der Waals surface area contributed by atoms with Crippen LogP contribution in [0.25, 0.3) is 11.8 Å². The van der Waals surface area contributed by atoms with Crippen LogP contribution in [0.3, 0.4) is 0 Å². The van der Waals surface area contributed by atoms with Crippen LogP contribution in [-0.2, 0) is 4.79 Å². The second-order valence-corrected chi connectivity index (χ2v) is 7.80. The lowest BCUT2D eigenvalue weighted by Gasteiger charge is -2.09. The first-order valence-electron chi connectivity index (χ1n) is 9.12. The minimum atomic E-state index is -0.118. The lowest BCUT2D eigenvalue weighted by Crippen LogP contribution is -2.19. The molecular weight excluding hydrogens is 366 g/mol. The Morgan fingerprint density at radius 2 is 1.75 bits per heavy atom. The Balaban J connectivity index is 1.67. The van der Waals surface area contributed by atoms with Gasteiger partial charge in [-0.3, -0.25) is 4.79 Å². The van der Waals surface area contributed by atoms with Gasteiger partial charge in [0.05, 0.1) is 10.6 Å². The van der Waals surface area contributed by atoms with Gasteiger partial charge in [-0.25, -0.2) is 4.99 Å². The Morgan fingerprint density at radius 1 is 0.964 bits per heavy atom. The van der Waals surface area contributed by atoms with Crippen molar-refractivity contribution in [1.29, 1.82) is 0 Å². The Morgan fingerprint density at radius 3 is 2.54 bits per heavy atom. The van der Waals surface area contributed by atoms with E-state index in [1.54, 1.807) is 0 Å². The molecule has 4 rings (SSSR count). The van der Waals surface area contributed by atoms with Gasteiger partial charge in [0.15, 0.2) is 5.17 Å². The standard InChI is InChI=1S/C23H21N3OS/c1-15-8-7-11-20(17(15)3)24-23-25-22(27)21(28-23)14-19-13-12-16(2)26(19)18-9-5-4-6-10-18/h4-14H,1-3H3,(H,24,25,27)/b21-14-. The van der Waals surface area contributed by atoms with Crippen LogP contribution in [0, 0.1) is 20.8 Å². The van der Waals surface area contributed by atoms with Gasteiger partial charge >= 0.3 is 0 Å². The maximum atomic E-state index is 12.5. The Bertz CT molecular complexity index is 1110. The molecule has 2 aromatic carbocycles. The first-order valence-corrected chi connectivity index (χ1v) is 9.94. The third-order valence-electron chi connectivity index (χ3n) is 4.85. The molecule has 0 spiro atoms. The van der Waals surface area contributed by atoms with E-state index in [0.717, 1.165) is 28.3 Å². The molecule has 1 saturated heterocycles. The maximum Gasteiger partial charge on any atom is 0.264 e. The number of amides is 1. The third-order valence-corrected chi connectivity index (χ3v) is 5.76. The molecule has 1 aliphatic rings. The zero-order valence-corrected chi connectivity index (χ0v) is 16.9. The summed E-state index contributed by atoms with van der Waals surface area (Å²) in [4.78, 5) is 17.8. The molecule has 1 aromatic heterocycles. The minimum absolute atomic E-state index is 0.118. The van der Waals surface area contributed by atoms with Gasteiger partial charge in [0.2, 0.25) is 0 Å². The smallest absolute Gasteiger partial charge is 0.264 e. The number of para-hydroxylation sites is 1. The van der Waals surface area contributed by atoms with Crippen molar-refractivity contribution in [3.05, 3.63) is 88.1 Å². The number of aromatic nitrogens is 1. The molecule has 1 amide bonds. The normalized spacial score (nSPS) is 16.8. The Labute approximate surface area is 169 Å². The van der Waals surface area contributed by atoms with Gasteiger partial charge in [-0.2, -0.15) is 0 Å². The molecule has 0 aliphatic carbocycles. The third kappa shape index (κ3) is 3.53. The van der Waals surface area contributed by atoms with E-state index in [1.807, 2.05) is 49.4 Å². The molecule has 28 heavy (non-hydrogen) atoms. The second kappa shape index (κ2) is 7.52. The fraction of sp³-hybridized carbons (Fsp3) is 0.130. The molecule has 0 saturated carbocycles. The van der Waals surface area contributed by atoms with Crippen LogP contribution < -0.4 is 5.32 Å². The van der Waals surface area contributed by atoms with Gasteiger partial charge < -0.3 is 9.88 Å². The summed E-state index contributed by atoms with van der Waals surface area (Å²) in [5, 5.41) is 3.49. The Hall–Kier alpha value is -3.05. The number of hydrogen-bond donors (Lipinski definition) is 1. The van der Waals surface area contributed by atoms with Crippen LogP contribution in [-0.4, -0.2) is 15.6 Å². The number of carbonyl (C=O) groups excluding carboxylic acids is 1. The van der Waals surface area contributed by atoms with Crippen LogP contribution in [0.5, 0.6) is 0 Å². The average molecular weight is 388 g/mol. The second-order valence-electron chi connectivity index (χ2n) is 6.77. The van der Waals surface area contributed by atoms with Crippen LogP contribution in [0.1, 0.15) is 22.5 Å². The van der Waals surface area contributed by atoms with E-state index in [9.17, 15) is 4.79 Å². The number of benzene rings is 2. The lowest BCUT2D eigenvalue weighted by atomic mass is 10.1. The number of nitrogens with zero attached hydrogens (tertiary/aromatic N) is 2. The molecule has 1 aliphatic heterocycles. The number of carbonyl (C=O) groups is 1. The molecule has 140 valence electrons. The summed E-state index contributed by atoms with van der Waals surface area (Å²) in [6, 6.07) is 20.2. The molecule has 3 aromatic rings. The van der Waals surface area contributed by atoms with Crippen LogP contribution >= 0.6 is 11.8 Å². The molecule has 0 bridgehead atoms. The van der Waals surface area contributed by atoms with Crippen LogP contribution in [0.4, 0.5) is 5.69 Å².